The Morgan fingerprint density at radius 1 is 1.12 bits per heavy atom. The van der Waals surface area contributed by atoms with Crippen LogP contribution in [0.4, 0.5) is 0 Å². The lowest BCUT2D eigenvalue weighted by Crippen LogP contribution is -1.99. The maximum absolute atomic E-state index is 10.9. The minimum absolute atomic E-state index is 0.137. The van der Waals surface area contributed by atoms with E-state index in [2.05, 4.69) is 44.7 Å². The van der Waals surface area contributed by atoms with Crippen LogP contribution in [0.2, 0.25) is 0 Å². The van der Waals surface area contributed by atoms with E-state index >= 15 is 0 Å². The van der Waals surface area contributed by atoms with E-state index in [4.69, 9.17) is 10.2 Å². The molecule has 1 unspecified atom stereocenters. The minimum Gasteiger partial charge on any atom is -0.512 e. The van der Waals surface area contributed by atoms with Crippen LogP contribution in [0.5, 0.6) is 0 Å². The highest BCUT2D eigenvalue weighted by Gasteiger charge is 2.05. The largest absolute Gasteiger partial charge is 0.512 e. The zero-order chi connectivity index (χ0) is 25.9. The average molecular weight is 469 g/mol. The highest BCUT2D eigenvalue weighted by Crippen LogP contribution is 2.15. The molecule has 0 bridgehead atoms. The summed E-state index contributed by atoms with van der Waals surface area (Å²) < 4.78 is 21.8. The first-order chi connectivity index (χ1) is 14.8. The first-order valence-electron chi connectivity index (χ1n) is 10.9. The lowest BCUT2D eigenvalue weighted by Gasteiger charge is -2.10. The van der Waals surface area contributed by atoms with Gasteiger partial charge in [0.25, 0.3) is 0 Å². The lowest BCUT2D eigenvalue weighted by molar-refractivity contribution is -0.136. The molecule has 0 fully saturated rings. The predicted molar refractivity (Wildman–Crippen MR) is 138 cm³/mol. The van der Waals surface area contributed by atoms with Crippen LogP contribution in [-0.2, 0) is 21.1 Å². The van der Waals surface area contributed by atoms with Crippen molar-refractivity contribution < 1.29 is 23.4 Å². The summed E-state index contributed by atoms with van der Waals surface area (Å²) in [6, 6.07) is 8.60. The Morgan fingerprint density at radius 2 is 1.59 bits per heavy atom. The number of aryl methyl sites for hydroxylation is 1. The van der Waals surface area contributed by atoms with Gasteiger partial charge in [0.2, 0.25) is 0 Å². The van der Waals surface area contributed by atoms with Gasteiger partial charge in [-0.25, -0.2) is 8.42 Å². The van der Waals surface area contributed by atoms with E-state index in [0.717, 1.165) is 12.7 Å². The highest BCUT2D eigenvalue weighted by atomic mass is 32.2. The number of carboxylic acid groups (broad SMARTS) is 1. The van der Waals surface area contributed by atoms with Crippen molar-refractivity contribution in [3.05, 3.63) is 70.4 Å². The number of hydrogen-bond acceptors (Lipinski definition) is 4. The molecule has 0 aromatic heterocycles. The van der Waals surface area contributed by atoms with Crippen molar-refractivity contribution in [2.45, 2.75) is 74.7 Å². The van der Waals surface area contributed by atoms with Gasteiger partial charge in [-0.1, -0.05) is 58.0 Å². The zero-order valence-electron chi connectivity index (χ0n) is 21.4. The summed E-state index contributed by atoms with van der Waals surface area (Å²) in [5.41, 5.74) is 3.44. The van der Waals surface area contributed by atoms with Gasteiger partial charge in [0.05, 0.1) is 5.76 Å². The molecule has 32 heavy (non-hydrogen) atoms. The maximum atomic E-state index is 10.9. The van der Waals surface area contributed by atoms with Crippen molar-refractivity contribution in [1.82, 2.24) is 0 Å². The third kappa shape index (κ3) is 19.6. The van der Waals surface area contributed by atoms with Crippen LogP contribution in [0.15, 0.2) is 59.2 Å². The fraction of sp³-hybridized carbons (Fsp3) is 0.500. The monoisotopic (exact) mass is 468 g/mol. The summed E-state index contributed by atoms with van der Waals surface area (Å²) in [5, 5.41) is 16.7. The van der Waals surface area contributed by atoms with Gasteiger partial charge in [0.15, 0.2) is 9.84 Å². The molecule has 0 aliphatic carbocycles. The molecule has 0 amide bonds. The number of carbonyl (C=O) groups is 1. The van der Waals surface area contributed by atoms with Gasteiger partial charge in [-0.15, -0.1) is 6.58 Å². The summed E-state index contributed by atoms with van der Waals surface area (Å²) >= 11 is 0. The number of sulfone groups is 1. The van der Waals surface area contributed by atoms with Gasteiger partial charge in [0, 0.05) is 17.6 Å². The van der Waals surface area contributed by atoms with Gasteiger partial charge >= 0.3 is 5.97 Å². The molecule has 0 aliphatic rings. The SMILES string of the molecule is C/C(=C\C(C)=C(/C)O)S(C)(=O)=O.C=CCC(C)Cc1ccccc1C.CC.CCC(=O)O. The van der Waals surface area contributed by atoms with E-state index in [9.17, 15) is 13.2 Å². The van der Waals surface area contributed by atoms with Crippen molar-refractivity contribution in [3.63, 3.8) is 0 Å². The molecule has 1 aromatic carbocycles. The summed E-state index contributed by atoms with van der Waals surface area (Å²) in [6.07, 6.45) is 7.08. The molecule has 184 valence electrons. The third-order valence-corrected chi connectivity index (χ3v) is 5.56. The first kappa shape index (κ1) is 34.3. The van der Waals surface area contributed by atoms with E-state index in [1.54, 1.807) is 13.8 Å². The predicted octanol–water partition coefficient (Wildman–Crippen LogP) is 7.04. The van der Waals surface area contributed by atoms with Crippen molar-refractivity contribution in [2.75, 3.05) is 6.26 Å². The standard InChI is InChI=1S/C13H18.C8H14O3S.C3H6O2.C2H6/c1-4-7-11(2)10-13-9-6-5-8-12(13)3;1-6(8(3)9)5-7(2)12(4,10)11;1-2-3(4)5;1-2/h4-6,8-9,11H,1,7,10H2,2-3H3;5,9H,1-4H3;2H2,1H3,(H,4,5);1-2H3/b;7-5+,8-6+;;. The van der Waals surface area contributed by atoms with E-state index in [1.807, 2.05) is 19.9 Å². The quantitative estimate of drug-likeness (QED) is 0.254. The molecule has 6 heteroatoms. The number of aliphatic hydroxyl groups excluding tert-OH is 1. The van der Waals surface area contributed by atoms with Gasteiger partial charge in [-0.3, -0.25) is 4.79 Å². The molecule has 0 spiro atoms. The number of hydrogen-bond donors (Lipinski definition) is 2. The summed E-state index contributed by atoms with van der Waals surface area (Å²) in [7, 11) is -3.12. The smallest absolute Gasteiger partial charge is 0.303 e. The van der Waals surface area contributed by atoms with E-state index in [0.29, 0.717) is 11.5 Å². The lowest BCUT2D eigenvalue weighted by atomic mass is 9.95. The fourth-order valence-electron chi connectivity index (χ4n) is 2.10. The number of rotatable bonds is 7. The van der Waals surface area contributed by atoms with Crippen LogP contribution >= 0.6 is 0 Å². The summed E-state index contributed by atoms with van der Waals surface area (Å²) in [4.78, 5) is 9.63. The van der Waals surface area contributed by atoms with Gasteiger partial charge in [0.1, 0.15) is 0 Å². The molecular formula is C26H44O5S. The first-order valence-corrected chi connectivity index (χ1v) is 12.8. The molecular weight excluding hydrogens is 424 g/mol. The van der Waals surface area contributed by atoms with E-state index < -0.39 is 15.8 Å². The summed E-state index contributed by atoms with van der Waals surface area (Å²) in [6.45, 7) is 18.5. The topological polar surface area (TPSA) is 91.7 Å². The van der Waals surface area contributed by atoms with E-state index in [-0.39, 0.29) is 17.1 Å². The molecule has 0 heterocycles. The highest BCUT2D eigenvalue weighted by molar-refractivity contribution is 7.94. The molecule has 0 saturated heterocycles. The fourth-order valence-corrected chi connectivity index (χ4v) is 2.49. The number of benzene rings is 1. The minimum atomic E-state index is -3.12. The van der Waals surface area contributed by atoms with Crippen molar-refractivity contribution >= 4 is 15.8 Å². The van der Waals surface area contributed by atoms with Gasteiger partial charge < -0.3 is 10.2 Å². The van der Waals surface area contributed by atoms with Gasteiger partial charge in [-0.2, -0.15) is 0 Å². The number of carboxylic acids is 1. The maximum Gasteiger partial charge on any atom is 0.303 e. The molecule has 0 aliphatic heterocycles. The Hall–Kier alpha value is -2.34. The molecule has 0 saturated carbocycles. The second-order valence-corrected chi connectivity index (χ2v) is 9.49. The normalized spacial score (nSPS) is 12.3. The Morgan fingerprint density at radius 3 is 1.94 bits per heavy atom. The second-order valence-electron chi connectivity index (χ2n) is 7.30. The third-order valence-electron chi connectivity index (χ3n) is 4.28. The van der Waals surface area contributed by atoms with Gasteiger partial charge in [-0.05, 0) is 69.2 Å². The number of aliphatic hydroxyl groups is 1. The Bertz CT molecular complexity index is 830. The van der Waals surface area contributed by atoms with Crippen molar-refractivity contribution in [3.8, 4) is 0 Å². The van der Waals surface area contributed by atoms with Crippen LogP contribution in [-0.4, -0.2) is 30.9 Å². The van der Waals surface area contributed by atoms with Crippen molar-refractivity contribution in [2.24, 2.45) is 5.92 Å². The number of allylic oxidation sites excluding steroid dienone is 5. The van der Waals surface area contributed by atoms with Crippen molar-refractivity contribution in [1.29, 1.82) is 0 Å². The molecule has 5 nitrogen and oxygen atoms in total. The Labute approximate surface area is 196 Å². The Kier molecular flexibility index (Phi) is 20.7. The molecule has 1 rings (SSSR count). The van der Waals surface area contributed by atoms with Crippen LogP contribution < -0.4 is 0 Å². The molecule has 2 N–H and O–H groups in total. The molecule has 0 radical (unpaired) electrons. The van der Waals surface area contributed by atoms with Crippen LogP contribution in [0.3, 0.4) is 0 Å². The Balaban J connectivity index is -0.000000411. The molecule has 1 aromatic rings. The van der Waals surface area contributed by atoms with Crippen LogP contribution in [0.1, 0.15) is 72.4 Å². The molecule has 1 atom stereocenters. The van der Waals surface area contributed by atoms with E-state index in [1.165, 1.54) is 37.5 Å². The number of aliphatic carboxylic acids is 1. The average Bonchev–Trinajstić information content (AvgIpc) is 2.71. The van der Waals surface area contributed by atoms with Crippen LogP contribution in [0.25, 0.3) is 0 Å². The summed E-state index contributed by atoms with van der Waals surface area (Å²) in [5.74, 6) is 0.0987. The van der Waals surface area contributed by atoms with Crippen LogP contribution in [0, 0.1) is 12.8 Å². The second kappa shape index (κ2) is 19.4. The zero-order valence-corrected chi connectivity index (χ0v) is 22.2.